The largest absolute Gasteiger partial charge is 0.444 e. The number of hydrogen-bond acceptors (Lipinski definition) is 5. The van der Waals surface area contributed by atoms with Gasteiger partial charge in [0.2, 0.25) is 0 Å². The molecule has 0 aromatic carbocycles. The van der Waals surface area contributed by atoms with E-state index < -0.39 is 11.7 Å². The minimum Gasteiger partial charge on any atom is -0.444 e. The highest BCUT2D eigenvalue weighted by Crippen LogP contribution is 2.24. The van der Waals surface area contributed by atoms with Crippen LogP contribution in [-0.4, -0.2) is 56.4 Å². The SMILES string of the molecule is CC(C)c1c(C(=O)N2CCC(NC(=O)OC(C)(C)C)CC2)cnn1-c1ccccn1. The van der Waals surface area contributed by atoms with E-state index in [1.54, 1.807) is 17.1 Å². The number of aromatic nitrogens is 3. The second-order valence-electron chi connectivity index (χ2n) is 8.91. The first-order valence-corrected chi connectivity index (χ1v) is 10.4. The summed E-state index contributed by atoms with van der Waals surface area (Å²) in [6.07, 6.45) is 4.32. The molecule has 2 aromatic heterocycles. The summed E-state index contributed by atoms with van der Waals surface area (Å²) in [6, 6.07) is 5.63. The van der Waals surface area contributed by atoms with E-state index in [4.69, 9.17) is 4.74 Å². The Morgan fingerprint density at radius 3 is 2.47 bits per heavy atom. The highest BCUT2D eigenvalue weighted by atomic mass is 16.6. The molecule has 3 rings (SSSR count). The molecule has 8 heteroatoms. The number of rotatable bonds is 4. The number of carbonyl (C=O) groups excluding carboxylic acids is 2. The Bertz CT molecular complexity index is 878. The molecule has 1 aliphatic rings. The van der Waals surface area contributed by atoms with Gasteiger partial charge in [-0.05, 0) is 51.7 Å². The number of alkyl carbamates (subject to hydrolysis) is 1. The molecule has 0 bridgehead atoms. The van der Waals surface area contributed by atoms with Gasteiger partial charge in [0.05, 0.1) is 17.5 Å². The van der Waals surface area contributed by atoms with Crippen LogP contribution in [0.25, 0.3) is 5.82 Å². The first-order chi connectivity index (χ1) is 14.2. The summed E-state index contributed by atoms with van der Waals surface area (Å²) >= 11 is 0. The van der Waals surface area contributed by atoms with Crippen LogP contribution in [0.5, 0.6) is 0 Å². The lowest BCUT2D eigenvalue weighted by molar-refractivity contribution is 0.0473. The number of carbonyl (C=O) groups is 2. The Morgan fingerprint density at radius 2 is 1.90 bits per heavy atom. The first-order valence-electron chi connectivity index (χ1n) is 10.4. The summed E-state index contributed by atoms with van der Waals surface area (Å²) in [5.41, 5.74) is 0.934. The van der Waals surface area contributed by atoms with Crippen LogP contribution in [0.1, 0.15) is 69.4 Å². The zero-order valence-corrected chi connectivity index (χ0v) is 18.4. The minimum atomic E-state index is -0.526. The molecule has 1 aliphatic heterocycles. The number of likely N-dealkylation sites (tertiary alicyclic amines) is 1. The van der Waals surface area contributed by atoms with Crippen LogP contribution in [0.4, 0.5) is 4.79 Å². The Morgan fingerprint density at radius 1 is 1.20 bits per heavy atom. The molecule has 162 valence electrons. The molecular weight excluding hydrogens is 382 g/mol. The Labute approximate surface area is 177 Å². The van der Waals surface area contributed by atoms with Crippen molar-refractivity contribution in [2.75, 3.05) is 13.1 Å². The molecule has 0 saturated carbocycles. The van der Waals surface area contributed by atoms with Gasteiger partial charge in [0, 0.05) is 25.3 Å². The van der Waals surface area contributed by atoms with Crippen molar-refractivity contribution in [3.05, 3.63) is 41.9 Å². The predicted octanol–water partition coefficient (Wildman–Crippen LogP) is 3.52. The zero-order valence-electron chi connectivity index (χ0n) is 18.4. The molecule has 30 heavy (non-hydrogen) atoms. The molecule has 0 radical (unpaired) electrons. The fourth-order valence-electron chi connectivity index (χ4n) is 3.61. The molecule has 3 heterocycles. The standard InChI is InChI=1S/C22H31N5O3/c1-15(2)19-17(14-24-27(19)18-8-6-7-11-23-18)20(28)26-12-9-16(10-13-26)25-21(29)30-22(3,4)5/h6-8,11,14-16H,9-10,12-13H2,1-5H3,(H,25,29). The van der Waals surface area contributed by atoms with E-state index in [9.17, 15) is 9.59 Å². The van der Waals surface area contributed by atoms with Gasteiger partial charge in [-0.3, -0.25) is 4.79 Å². The fraction of sp³-hybridized carbons (Fsp3) is 0.545. The van der Waals surface area contributed by atoms with Crippen molar-refractivity contribution in [1.82, 2.24) is 25.0 Å². The van der Waals surface area contributed by atoms with E-state index in [-0.39, 0.29) is 17.9 Å². The molecule has 8 nitrogen and oxygen atoms in total. The summed E-state index contributed by atoms with van der Waals surface area (Å²) < 4.78 is 7.07. The van der Waals surface area contributed by atoms with Crippen LogP contribution in [0, 0.1) is 0 Å². The van der Waals surface area contributed by atoms with Crippen molar-refractivity contribution >= 4 is 12.0 Å². The van der Waals surface area contributed by atoms with Gasteiger partial charge in [-0.15, -0.1) is 0 Å². The van der Waals surface area contributed by atoms with Gasteiger partial charge in [-0.1, -0.05) is 19.9 Å². The molecule has 1 N–H and O–H groups in total. The van der Waals surface area contributed by atoms with E-state index in [1.165, 1.54) is 0 Å². The fourth-order valence-corrected chi connectivity index (χ4v) is 3.61. The number of hydrogen-bond donors (Lipinski definition) is 1. The molecule has 1 fully saturated rings. The molecule has 2 amide bonds. The van der Waals surface area contributed by atoms with E-state index in [2.05, 4.69) is 15.4 Å². The van der Waals surface area contributed by atoms with E-state index in [0.717, 1.165) is 5.69 Å². The molecule has 2 aromatic rings. The Balaban J connectivity index is 1.67. The van der Waals surface area contributed by atoms with Crippen molar-refractivity contribution in [3.63, 3.8) is 0 Å². The first kappa shape index (κ1) is 21.8. The molecule has 0 atom stereocenters. The maximum absolute atomic E-state index is 13.2. The highest BCUT2D eigenvalue weighted by Gasteiger charge is 2.29. The second-order valence-corrected chi connectivity index (χ2v) is 8.91. The van der Waals surface area contributed by atoms with Crippen molar-refractivity contribution in [1.29, 1.82) is 0 Å². The molecule has 0 spiro atoms. The van der Waals surface area contributed by atoms with Crippen LogP contribution < -0.4 is 5.32 Å². The third-order valence-corrected chi connectivity index (χ3v) is 4.95. The van der Waals surface area contributed by atoms with Crippen LogP contribution in [-0.2, 0) is 4.74 Å². The van der Waals surface area contributed by atoms with Gasteiger partial charge in [-0.25, -0.2) is 14.5 Å². The summed E-state index contributed by atoms with van der Waals surface area (Å²) in [7, 11) is 0. The smallest absolute Gasteiger partial charge is 0.407 e. The lowest BCUT2D eigenvalue weighted by Crippen LogP contribution is -2.47. The lowest BCUT2D eigenvalue weighted by Gasteiger charge is -2.33. The van der Waals surface area contributed by atoms with Crippen LogP contribution in [0.3, 0.4) is 0 Å². The number of nitrogens with zero attached hydrogens (tertiary/aromatic N) is 4. The molecule has 0 unspecified atom stereocenters. The van der Waals surface area contributed by atoms with Gasteiger partial charge < -0.3 is 15.0 Å². The number of amides is 2. The normalized spacial score (nSPS) is 15.3. The van der Waals surface area contributed by atoms with Crippen LogP contribution in [0.2, 0.25) is 0 Å². The van der Waals surface area contributed by atoms with Crippen LogP contribution >= 0.6 is 0 Å². The number of pyridine rings is 1. The number of ether oxygens (including phenoxy) is 1. The summed E-state index contributed by atoms with van der Waals surface area (Å²) in [6.45, 7) is 10.8. The molecule has 0 aliphatic carbocycles. The Kier molecular flexibility index (Phi) is 6.43. The minimum absolute atomic E-state index is 0.00436. The van der Waals surface area contributed by atoms with E-state index in [0.29, 0.717) is 37.3 Å². The third kappa shape index (κ3) is 5.17. The second kappa shape index (κ2) is 8.85. The average Bonchev–Trinajstić information content (AvgIpc) is 3.12. The molecular formula is C22H31N5O3. The topological polar surface area (TPSA) is 89.4 Å². The predicted molar refractivity (Wildman–Crippen MR) is 114 cm³/mol. The maximum atomic E-state index is 13.2. The highest BCUT2D eigenvalue weighted by molar-refractivity contribution is 5.95. The van der Waals surface area contributed by atoms with E-state index >= 15 is 0 Å². The van der Waals surface area contributed by atoms with E-state index in [1.807, 2.05) is 57.7 Å². The van der Waals surface area contributed by atoms with Gasteiger partial charge in [0.1, 0.15) is 5.60 Å². The van der Waals surface area contributed by atoms with Crippen molar-refractivity contribution in [3.8, 4) is 5.82 Å². The summed E-state index contributed by atoms with van der Waals surface area (Å²) in [4.78, 5) is 31.4. The van der Waals surface area contributed by atoms with Crippen molar-refractivity contribution < 1.29 is 14.3 Å². The van der Waals surface area contributed by atoms with Gasteiger partial charge in [-0.2, -0.15) is 5.10 Å². The number of piperidine rings is 1. The van der Waals surface area contributed by atoms with Crippen molar-refractivity contribution in [2.45, 2.75) is 65.0 Å². The monoisotopic (exact) mass is 413 g/mol. The zero-order chi connectivity index (χ0) is 21.9. The quantitative estimate of drug-likeness (QED) is 0.828. The Hall–Kier alpha value is -2.90. The molecule has 1 saturated heterocycles. The summed E-state index contributed by atoms with van der Waals surface area (Å²) in [5.74, 6) is 0.775. The maximum Gasteiger partial charge on any atom is 0.407 e. The summed E-state index contributed by atoms with van der Waals surface area (Å²) in [5, 5.41) is 7.35. The van der Waals surface area contributed by atoms with Crippen molar-refractivity contribution in [2.24, 2.45) is 0 Å². The van der Waals surface area contributed by atoms with Gasteiger partial charge in [0.25, 0.3) is 5.91 Å². The number of nitrogens with one attached hydrogen (secondary N) is 1. The average molecular weight is 414 g/mol. The van der Waals surface area contributed by atoms with Gasteiger partial charge >= 0.3 is 6.09 Å². The lowest BCUT2D eigenvalue weighted by atomic mass is 10.0. The third-order valence-electron chi connectivity index (χ3n) is 4.95. The van der Waals surface area contributed by atoms with Crippen LogP contribution in [0.15, 0.2) is 30.6 Å². The van der Waals surface area contributed by atoms with Gasteiger partial charge in [0.15, 0.2) is 5.82 Å².